The van der Waals surface area contributed by atoms with Crippen molar-refractivity contribution in [3.63, 3.8) is 0 Å². The molecule has 0 fully saturated rings. The van der Waals surface area contributed by atoms with E-state index in [1.165, 1.54) is 44.0 Å². The van der Waals surface area contributed by atoms with Gasteiger partial charge < -0.3 is 4.42 Å². The van der Waals surface area contributed by atoms with Crippen molar-refractivity contribution in [1.82, 2.24) is 4.98 Å². The number of furan rings is 1. The van der Waals surface area contributed by atoms with Gasteiger partial charge in [-0.05, 0) is 47.7 Å². The lowest BCUT2D eigenvalue weighted by Gasteiger charge is -2.29. The molecule has 0 saturated carbocycles. The summed E-state index contributed by atoms with van der Waals surface area (Å²) in [6.45, 7) is 13.6. The van der Waals surface area contributed by atoms with Gasteiger partial charge in [-0.2, -0.15) is 0 Å². The van der Waals surface area contributed by atoms with E-state index in [9.17, 15) is 0 Å². The zero-order chi connectivity index (χ0) is 21.7. The molecule has 0 bridgehead atoms. The largest absolute Gasteiger partial charge is 0.456 e. The average Bonchev–Trinajstić information content (AvgIpc) is 3.07. The number of pyridine rings is 1. The monoisotopic (exact) mass is 405 g/mol. The first kappa shape index (κ1) is 18.6. The van der Waals surface area contributed by atoms with Crippen LogP contribution in [0.3, 0.4) is 0 Å². The van der Waals surface area contributed by atoms with Gasteiger partial charge in [-0.25, -0.2) is 4.98 Å². The van der Waals surface area contributed by atoms with E-state index in [4.69, 9.17) is 9.40 Å². The summed E-state index contributed by atoms with van der Waals surface area (Å²) < 4.78 is 6.55. The van der Waals surface area contributed by atoms with Crippen molar-refractivity contribution in [3.8, 4) is 11.3 Å². The van der Waals surface area contributed by atoms with Crippen LogP contribution in [0.5, 0.6) is 0 Å². The van der Waals surface area contributed by atoms with Crippen molar-refractivity contribution < 1.29 is 4.42 Å². The van der Waals surface area contributed by atoms with Crippen LogP contribution in [0, 0.1) is 6.92 Å². The third kappa shape index (κ3) is 2.42. The molecule has 2 heterocycles. The quantitative estimate of drug-likeness (QED) is 0.260. The van der Waals surface area contributed by atoms with Crippen molar-refractivity contribution in [2.75, 3.05) is 0 Å². The van der Waals surface area contributed by atoms with E-state index in [2.05, 4.69) is 96.1 Å². The minimum atomic E-state index is -0.204. The van der Waals surface area contributed by atoms with Gasteiger partial charge in [0, 0.05) is 32.7 Å². The second kappa shape index (κ2) is 5.76. The van der Waals surface area contributed by atoms with E-state index in [1.807, 2.05) is 0 Å². The zero-order valence-electron chi connectivity index (χ0n) is 19.1. The van der Waals surface area contributed by atoms with Crippen molar-refractivity contribution in [1.29, 1.82) is 0 Å². The lowest BCUT2D eigenvalue weighted by atomic mass is 9.75. The molecule has 1 aliphatic rings. The number of fused-ring (bicyclic) bond motifs is 3. The molecule has 0 N–H and O–H groups in total. The molecule has 0 atom stereocenters. The third-order valence-corrected chi connectivity index (χ3v) is 7.03. The van der Waals surface area contributed by atoms with Crippen LogP contribution in [0.4, 0.5) is 0 Å². The molecular weight excluding hydrogens is 378 g/mol. The van der Waals surface area contributed by atoms with E-state index in [-0.39, 0.29) is 10.8 Å². The minimum Gasteiger partial charge on any atom is -0.456 e. The second-order valence-electron chi connectivity index (χ2n) is 10.6. The Balaban J connectivity index is 1.85. The molecule has 6 rings (SSSR count). The van der Waals surface area contributed by atoms with Gasteiger partial charge in [0.2, 0.25) is 0 Å². The molecule has 0 saturated heterocycles. The molecular formula is C29H27NO. The number of aryl methyl sites for hydroxylation is 1. The Labute approximate surface area is 182 Å². The van der Waals surface area contributed by atoms with E-state index in [0.717, 1.165) is 22.4 Å². The summed E-state index contributed by atoms with van der Waals surface area (Å²) in [7, 11) is 0. The highest BCUT2D eigenvalue weighted by molar-refractivity contribution is 6.16. The van der Waals surface area contributed by atoms with Crippen molar-refractivity contribution in [2.45, 2.75) is 52.4 Å². The van der Waals surface area contributed by atoms with Crippen LogP contribution in [0.25, 0.3) is 44.1 Å². The van der Waals surface area contributed by atoms with Gasteiger partial charge in [0.15, 0.2) is 0 Å². The zero-order valence-corrected chi connectivity index (χ0v) is 19.1. The van der Waals surface area contributed by atoms with Gasteiger partial charge in [-0.1, -0.05) is 70.5 Å². The van der Waals surface area contributed by atoms with E-state index >= 15 is 0 Å². The molecule has 2 heteroatoms. The lowest BCUT2D eigenvalue weighted by molar-refractivity contribution is 0.570. The average molecular weight is 406 g/mol. The molecule has 0 radical (unpaired) electrons. The Morgan fingerprint density at radius 3 is 2.45 bits per heavy atom. The van der Waals surface area contributed by atoms with Gasteiger partial charge in [-0.15, -0.1) is 0 Å². The molecule has 2 aromatic heterocycles. The second-order valence-corrected chi connectivity index (χ2v) is 10.6. The summed E-state index contributed by atoms with van der Waals surface area (Å²) in [6.07, 6.45) is 0. The maximum Gasteiger partial charge on any atom is 0.139 e. The smallest absolute Gasteiger partial charge is 0.139 e. The van der Waals surface area contributed by atoms with Gasteiger partial charge in [0.1, 0.15) is 11.2 Å². The van der Waals surface area contributed by atoms with Crippen LogP contribution in [0.15, 0.2) is 59.0 Å². The molecule has 0 spiro atoms. The first-order valence-electron chi connectivity index (χ1n) is 11.1. The Kier molecular flexibility index (Phi) is 3.46. The number of hydrogen-bond acceptors (Lipinski definition) is 2. The van der Waals surface area contributed by atoms with Crippen molar-refractivity contribution in [3.05, 3.63) is 76.9 Å². The summed E-state index contributed by atoms with van der Waals surface area (Å²) in [5.74, 6) is 0. The molecule has 154 valence electrons. The fourth-order valence-electron chi connectivity index (χ4n) is 5.35. The molecule has 31 heavy (non-hydrogen) atoms. The summed E-state index contributed by atoms with van der Waals surface area (Å²) in [6, 6.07) is 19.9. The molecule has 1 aliphatic carbocycles. The highest BCUT2D eigenvalue weighted by Crippen LogP contribution is 2.51. The van der Waals surface area contributed by atoms with Gasteiger partial charge >= 0.3 is 0 Å². The summed E-state index contributed by atoms with van der Waals surface area (Å²) in [4.78, 5) is 5.22. The number of rotatable bonds is 0. The van der Waals surface area contributed by atoms with Crippen LogP contribution in [-0.2, 0) is 10.8 Å². The van der Waals surface area contributed by atoms with Crippen LogP contribution in [0.2, 0.25) is 0 Å². The highest BCUT2D eigenvalue weighted by atomic mass is 16.3. The Morgan fingerprint density at radius 1 is 0.871 bits per heavy atom. The van der Waals surface area contributed by atoms with Gasteiger partial charge in [0.05, 0.1) is 11.2 Å². The molecule has 5 aromatic rings. The first-order valence-corrected chi connectivity index (χ1v) is 11.1. The number of aromatic nitrogens is 1. The molecule has 0 aliphatic heterocycles. The summed E-state index contributed by atoms with van der Waals surface area (Å²) >= 11 is 0. The number of benzene rings is 3. The van der Waals surface area contributed by atoms with Gasteiger partial charge in [-0.3, -0.25) is 0 Å². The van der Waals surface area contributed by atoms with Crippen molar-refractivity contribution in [2.24, 2.45) is 0 Å². The van der Waals surface area contributed by atoms with Crippen LogP contribution in [-0.4, -0.2) is 4.98 Å². The summed E-state index contributed by atoms with van der Waals surface area (Å²) in [5.41, 5.74) is 10.2. The van der Waals surface area contributed by atoms with E-state index in [0.29, 0.717) is 0 Å². The number of hydrogen-bond donors (Lipinski definition) is 0. The highest BCUT2D eigenvalue weighted by Gasteiger charge is 2.36. The molecule has 0 unspecified atom stereocenters. The number of nitrogens with zero attached hydrogens (tertiary/aromatic N) is 1. The molecule has 2 nitrogen and oxygen atoms in total. The Morgan fingerprint density at radius 2 is 1.68 bits per heavy atom. The van der Waals surface area contributed by atoms with Crippen LogP contribution in [0.1, 0.15) is 56.9 Å². The fourth-order valence-corrected chi connectivity index (χ4v) is 5.35. The third-order valence-electron chi connectivity index (χ3n) is 7.03. The minimum absolute atomic E-state index is 0.000323. The van der Waals surface area contributed by atoms with E-state index in [1.54, 1.807) is 0 Å². The lowest BCUT2D eigenvalue weighted by Crippen LogP contribution is -2.21. The normalized spacial score (nSPS) is 15.0. The Bertz CT molecular complexity index is 1540. The fraction of sp³-hybridized carbons (Fsp3) is 0.276. The topological polar surface area (TPSA) is 26.0 Å². The molecule has 0 amide bonds. The van der Waals surface area contributed by atoms with E-state index < -0.39 is 0 Å². The maximum absolute atomic E-state index is 6.55. The first-order chi connectivity index (χ1) is 14.7. The van der Waals surface area contributed by atoms with Crippen LogP contribution >= 0.6 is 0 Å². The van der Waals surface area contributed by atoms with Crippen LogP contribution < -0.4 is 0 Å². The SMILES string of the molecule is Cc1ccc2nc3c(cc2c1)C(C)(C)c1ccc(C(C)(C)C)c2oc4cccc-3c4c12. The Hall–Kier alpha value is -3.13. The maximum atomic E-state index is 6.55. The predicted octanol–water partition coefficient (Wildman–Crippen LogP) is 8.05. The summed E-state index contributed by atoms with van der Waals surface area (Å²) in [5, 5.41) is 3.65. The standard InChI is InChI=1S/C29H27NO/c1-16-10-13-22-17(14-16)15-21-26(30-22)18-8-7-9-23-24(18)25-19(29(21,5)6)11-12-20(27(25)31-23)28(2,3)4/h7-15H,1-6H3. The van der Waals surface area contributed by atoms with Crippen molar-refractivity contribution >= 4 is 32.8 Å². The van der Waals surface area contributed by atoms with Gasteiger partial charge in [0.25, 0.3) is 0 Å². The predicted molar refractivity (Wildman–Crippen MR) is 130 cm³/mol. The molecule has 3 aromatic carbocycles.